The normalized spacial score (nSPS) is 26.2. The molecule has 8 heteroatoms. The first-order valence-corrected chi connectivity index (χ1v) is 8.27. The number of β-lactam (4-membered cyclic amide) rings is 1. The lowest BCUT2D eigenvalue weighted by atomic mass is 9.95. The summed E-state index contributed by atoms with van der Waals surface area (Å²) < 4.78 is -0.543. The highest BCUT2D eigenvalue weighted by atomic mass is 32.2. The number of allylic oxidation sites excluding steroid dienone is 1. The van der Waals surface area contributed by atoms with Crippen LogP contribution in [0, 0.1) is 5.41 Å². The summed E-state index contributed by atoms with van der Waals surface area (Å²) in [6.07, 6.45) is 1.30. The average Bonchev–Trinajstić information content (AvgIpc) is 2.64. The van der Waals surface area contributed by atoms with Crippen LogP contribution in [-0.4, -0.2) is 54.9 Å². The Morgan fingerprint density at radius 1 is 1.21 bits per heavy atom. The van der Waals surface area contributed by atoms with Crippen molar-refractivity contribution < 1.29 is 29.4 Å². The van der Waals surface area contributed by atoms with E-state index in [0.29, 0.717) is 5.57 Å². The van der Waals surface area contributed by atoms with Crippen molar-refractivity contribution in [1.29, 1.82) is 0 Å². The summed E-state index contributed by atoms with van der Waals surface area (Å²) >= 11 is 1.41. The Kier molecular flexibility index (Phi) is 5.54. The minimum absolute atomic E-state index is 0.190. The van der Waals surface area contributed by atoms with Gasteiger partial charge in [0.15, 0.2) is 5.78 Å². The third-order valence-corrected chi connectivity index (χ3v) is 5.12. The van der Waals surface area contributed by atoms with Gasteiger partial charge in [-0.05, 0) is 47.6 Å². The van der Waals surface area contributed by atoms with Crippen molar-refractivity contribution in [3.8, 4) is 0 Å². The van der Waals surface area contributed by atoms with Crippen molar-refractivity contribution in [2.45, 2.75) is 57.7 Å². The third-order valence-electron chi connectivity index (χ3n) is 3.59. The van der Waals surface area contributed by atoms with Crippen LogP contribution in [0.1, 0.15) is 41.5 Å². The summed E-state index contributed by atoms with van der Waals surface area (Å²) in [7, 11) is 0. The van der Waals surface area contributed by atoms with E-state index in [4.69, 9.17) is 10.2 Å². The molecule has 24 heavy (non-hydrogen) atoms. The molecule has 2 rings (SSSR count). The number of carbonyl (C=O) groups is 4. The second-order valence-electron chi connectivity index (χ2n) is 7.29. The van der Waals surface area contributed by atoms with Crippen molar-refractivity contribution >= 4 is 35.4 Å². The second kappa shape index (κ2) is 6.58. The third kappa shape index (κ3) is 3.98. The molecular formula is C16H23NO6S. The first-order chi connectivity index (χ1) is 10.7. The molecule has 2 aliphatic heterocycles. The maximum atomic E-state index is 11.8. The Balaban J connectivity index is 0.000000351. The topological polar surface area (TPSA) is 112 Å². The SMILES string of the molecule is CC(=O)C=C1C(=O)N2[C@@H]1SC(C)(C)[C@@H]2C(=O)O.CC(C)(C)C(=O)O. The molecule has 2 fully saturated rings. The molecule has 2 heterocycles. The lowest BCUT2D eigenvalue weighted by Gasteiger charge is -2.38. The van der Waals surface area contributed by atoms with Gasteiger partial charge in [-0.1, -0.05) is 0 Å². The molecule has 0 aromatic rings. The van der Waals surface area contributed by atoms with Gasteiger partial charge in [0, 0.05) is 4.75 Å². The molecule has 0 aromatic heterocycles. The van der Waals surface area contributed by atoms with Crippen molar-refractivity contribution in [1.82, 2.24) is 4.90 Å². The van der Waals surface area contributed by atoms with Crippen LogP contribution in [0.2, 0.25) is 0 Å². The Morgan fingerprint density at radius 3 is 2.00 bits per heavy atom. The molecule has 0 unspecified atom stereocenters. The monoisotopic (exact) mass is 357 g/mol. The van der Waals surface area contributed by atoms with E-state index in [1.807, 2.05) is 0 Å². The number of nitrogens with zero attached hydrogens (tertiary/aromatic N) is 1. The molecule has 2 N–H and O–H groups in total. The molecule has 2 aliphatic rings. The number of fused-ring (bicyclic) bond motifs is 1. The molecule has 2 atom stereocenters. The molecule has 0 aliphatic carbocycles. The fraction of sp³-hybridized carbons (Fsp3) is 0.625. The highest BCUT2D eigenvalue weighted by Gasteiger charge is 2.61. The predicted octanol–water partition coefficient (Wildman–Crippen LogP) is 1.77. The standard InChI is InChI=1S/C11H13NO4S.C5H10O2/c1-5(13)4-6-8(14)12-7(10(15)16)11(2,3)17-9(6)12;1-5(2,3)4(6)7/h4,7,9H,1-3H3,(H,15,16);1-3H3,(H,6,7)/t7-,9+;/m0./s1. The molecule has 2 saturated heterocycles. The van der Waals surface area contributed by atoms with Gasteiger partial charge in [-0.15, -0.1) is 11.8 Å². The van der Waals surface area contributed by atoms with E-state index in [9.17, 15) is 19.2 Å². The number of thioether (sulfide) groups is 1. The Hall–Kier alpha value is -1.83. The molecule has 1 amide bonds. The molecule has 0 spiro atoms. The molecule has 0 saturated carbocycles. The maximum absolute atomic E-state index is 11.8. The number of ketones is 1. The summed E-state index contributed by atoms with van der Waals surface area (Å²) in [6, 6.07) is -0.825. The van der Waals surface area contributed by atoms with Gasteiger partial charge in [0.2, 0.25) is 0 Å². The zero-order chi connectivity index (χ0) is 19.0. The first-order valence-electron chi connectivity index (χ1n) is 7.39. The molecule has 0 aromatic carbocycles. The summed E-state index contributed by atoms with van der Waals surface area (Å²) in [5, 5.41) is 17.1. The summed E-state index contributed by atoms with van der Waals surface area (Å²) in [4.78, 5) is 45.4. The summed E-state index contributed by atoms with van der Waals surface area (Å²) in [6.45, 7) is 9.96. The Morgan fingerprint density at radius 2 is 1.67 bits per heavy atom. The molecular weight excluding hydrogens is 334 g/mol. The lowest BCUT2D eigenvalue weighted by Crippen LogP contribution is -2.58. The van der Waals surface area contributed by atoms with E-state index in [1.54, 1.807) is 34.6 Å². The van der Waals surface area contributed by atoms with Gasteiger partial charge in [0.1, 0.15) is 11.4 Å². The molecule has 0 radical (unpaired) electrons. The fourth-order valence-corrected chi connectivity index (χ4v) is 3.82. The highest BCUT2D eigenvalue weighted by molar-refractivity contribution is 8.01. The quantitative estimate of drug-likeness (QED) is 0.572. The van der Waals surface area contributed by atoms with E-state index in [-0.39, 0.29) is 17.1 Å². The highest BCUT2D eigenvalue weighted by Crippen LogP contribution is 2.52. The van der Waals surface area contributed by atoms with Gasteiger partial charge in [0.05, 0.1) is 11.0 Å². The lowest BCUT2D eigenvalue weighted by molar-refractivity contribution is -0.152. The largest absolute Gasteiger partial charge is 0.481 e. The van der Waals surface area contributed by atoms with Crippen molar-refractivity contribution in [2.75, 3.05) is 0 Å². The van der Waals surface area contributed by atoms with Crippen LogP contribution >= 0.6 is 11.8 Å². The number of carboxylic acids is 2. The Bertz CT molecular complexity index is 617. The van der Waals surface area contributed by atoms with Gasteiger partial charge < -0.3 is 15.1 Å². The molecule has 0 bridgehead atoms. The smallest absolute Gasteiger partial charge is 0.327 e. The van der Waals surface area contributed by atoms with Crippen LogP contribution in [0.3, 0.4) is 0 Å². The predicted molar refractivity (Wildman–Crippen MR) is 89.6 cm³/mol. The van der Waals surface area contributed by atoms with Gasteiger partial charge in [0.25, 0.3) is 5.91 Å². The zero-order valence-electron chi connectivity index (χ0n) is 14.6. The number of carbonyl (C=O) groups excluding carboxylic acids is 2. The van der Waals surface area contributed by atoms with E-state index in [0.717, 1.165) is 0 Å². The number of rotatable bonds is 2. The second-order valence-corrected chi connectivity index (χ2v) is 9.03. The number of hydrogen-bond donors (Lipinski definition) is 2. The van der Waals surface area contributed by atoms with E-state index in [1.165, 1.54) is 29.7 Å². The van der Waals surface area contributed by atoms with Gasteiger partial charge in [-0.3, -0.25) is 14.4 Å². The van der Waals surface area contributed by atoms with Crippen molar-refractivity contribution in [3.63, 3.8) is 0 Å². The van der Waals surface area contributed by atoms with Gasteiger partial charge in [-0.2, -0.15) is 0 Å². The minimum Gasteiger partial charge on any atom is -0.481 e. The van der Waals surface area contributed by atoms with Crippen LogP contribution < -0.4 is 0 Å². The summed E-state index contributed by atoms with van der Waals surface area (Å²) in [5.74, 6) is -2.28. The van der Waals surface area contributed by atoms with Crippen LogP contribution in [0.15, 0.2) is 11.6 Å². The van der Waals surface area contributed by atoms with Crippen LogP contribution in [0.5, 0.6) is 0 Å². The number of amides is 1. The van der Waals surface area contributed by atoms with Crippen LogP contribution in [-0.2, 0) is 19.2 Å². The fourth-order valence-electron chi connectivity index (χ4n) is 2.27. The Labute approximate surface area is 145 Å². The number of hydrogen-bond acceptors (Lipinski definition) is 5. The average molecular weight is 357 g/mol. The van der Waals surface area contributed by atoms with Gasteiger partial charge >= 0.3 is 11.9 Å². The molecule has 7 nitrogen and oxygen atoms in total. The van der Waals surface area contributed by atoms with Crippen LogP contribution in [0.25, 0.3) is 0 Å². The van der Waals surface area contributed by atoms with E-state index < -0.39 is 28.1 Å². The summed E-state index contributed by atoms with van der Waals surface area (Å²) in [5.41, 5.74) is -0.167. The van der Waals surface area contributed by atoms with E-state index >= 15 is 0 Å². The van der Waals surface area contributed by atoms with E-state index in [2.05, 4.69) is 0 Å². The number of carboxylic acid groups (broad SMARTS) is 2. The van der Waals surface area contributed by atoms with Crippen molar-refractivity contribution in [2.24, 2.45) is 5.41 Å². The zero-order valence-corrected chi connectivity index (χ0v) is 15.4. The minimum atomic E-state index is -1.000. The van der Waals surface area contributed by atoms with Gasteiger partial charge in [-0.25, -0.2) is 4.79 Å². The maximum Gasteiger partial charge on any atom is 0.327 e. The van der Waals surface area contributed by atoms with Crippen LogP contribution in [0.4, 0.5) is 0 Å². The van der Waals surface area contributed by atoms with Crippen molar-refractivity contribution in [3.05, 3.63) is 11.6 Å². The molecule has 134 valence electrons. The number of aliphatic carboxylic acids is 2. The first kappa shape index (κ1) is 20.2.